The van der Waals surface area contributed by atoms with Crippen molar-refractivity contribution in [2.45, 2.75) is 76.5 Å². The summed E-state index contributed by atoms with van der Waals surface area (Å²) in [5.74, 6) is 0.201. The smallest absolute Gasteiger partial charge is 0.220 e. The Morgan fingerprint density at radius 2 is 2.25 bits per heavy atom. The highest BCUT2D eigenvalue weighted by molar-refractivity contribution is 5.76. The molecule has 0 bridgehead atoms. The van der Waals surface area contributed by atoms with Gasteiger partial charge in [-0.1, -0.05) is 6.42 Å². The van der Waals surface area contributed by atoms with Crippen LogP contribution in [0.1, 0.15) is 58.3 Å². The lowest BCUT2D eigenvalue weighted by Gasteiger charge is -2.61. The minimum absolute atomic E-state index is 0.201. The lowest BCUT2D eigenvalue weighted by Crippen LogP contribution is -2.67. The number of carbonyl (C=O) groups excluding carboxylic acids is 1. The molecular weight excluding hydrogens is 254 g/mol. The molecule has 0 aromatic rings. The molecule has 0 radical (unpaired) electrons. The third-order valence-corrected chi connectivity index (χ3v) is 5.49. The second-order valence-corrected chi connectivity index (χ2v) is 6.56. The molecule has 3 atom stereocenters. The van der Waals surface area contributed by atoms with Crippen LogP contribution in [0.5, 0.6) is 0 Å². The summed E-state index contributed by atoms with van der Waals surface area (Å²) in [6, 6.07) is 0.352. The molecule has 0 aromatic carbocycles. The van der Waals surface area contributed by atoms with E-state index in [2.05, 4.69) is 12.2 Å². The first kappa shape index (κ1) is 14.3. The summed E-state index contributed by atoms with van der Waals surface area (Å²) in [5, 5.41) is 3.25. The average Bonchev–Trinajstić information content (AvgIpc) is 2.86. The summed E-state index contributed by atoms with van der Waals surface area (Å²) in [4.78, 5) is 12.1. The number of ether oxygens (including phenoxy) is 2. The van der Waals surface area contributed by atoms with Crippen LogP contribution < -0.4 is 5.32 Å². The highest BCUT2D eigenvalue weighted by Gasteiger charge is 2.59. The van der Waals surface area contributed by atoms with Crippen molar-refractivity contribution >= 4 is 5.91 Å². The van der Waals surface area contributed by atoms with Gasteiger partial charge in [-0.2, -0.15) is 0 Å². The fraction of sp³-hybridized carbons (Fsp3) is 0.938. The number of carbonyl (C=O) groups is 1. The highest BCUT2D eigenvalue weighted by atomic mass is 16.5. The summed E-state index contributed by atoms with van der Waals surface area (Å²) in [6.07, 6.45) is 9.16. The van der Waals surface area contributed by atoms with Gasteiger partial charge in [-0.25, -0.2) is 0 Å². The van der Waals surface area contributed by atoms with Crippen LogP contribution >= 0.6 is 0 Å². The molecule has 3 rings (SSSR count). The lowest BCUT2D eigenvalue weighted by atomic mass is 9.51. The molecular formula is C16H27NO3. The Morgan fingerprint density at radius 1 is 1.40 bits per heavy atom. The number of amides is 1. The first-order valence-electron chi connectivity index (χ1n) is 8.27. The zero-order chi connectivity index (χ0) is 14.0. The molecule has 0 aromatic heterocycles. The Balaban J connectivity index is 1.42. The van der Waals surface area contributed by atoms with Crippen molar-refractivity contribution in [3.05, 3.63) is 0 Å². The fourth-order valence-electron chi connectivity index (χ4n) is 4.07. The van der Waals surface area contributed by atoms with Gasteiger partial charge >= 0.3 is 0 Å². The molecule has 4 nitrogen and oxygen atoms in total. The van der Waals surface area contributed by atoms with Crippen LogP contribution in [-0.4, -0.2) is 37.4 Å². The van der Waals surface area contributed by atoms with Crippen molar-refractivity contribution < 1.29 is 14.3 Å². The quantitative estimate of drug-likeness (QED) is 0.813. The fourth-order valence-corrected chi connectivity index (χ4v) is 4.07. The van der Waals surface area contributed by atoms with Gasteiger partial charge < -0.3 is 14.8 Å². The van der Waals surface area contributed by atoms with Crippen LogP contribution in [0.2, 0.25) is 0 Å². The molecule has 1 N–H and O–H groups in total. The van der Waals surface area contributed by atoms with Gasteiger partial charge in [0.1, 0.15) is 0 Å². The number of hydrogen-bond acceptors (Lipinski definition) is 3. The van der Waals surface area contributed by atoms with Gasteiger partial charge in [0.25, 0.3) is 0 Å². The zero-order valence-corrected chi connectivity index (χ0v) is 12.5. The maximum atomic E-state index is 12.1. The minimum Gasteiger partial charge on any atom is -0.378 e. The van der Waals surface area contributed by atoms with Crippen molar-refractivity contribution in [1.29, 1.82) is 0 Å². The summed E-state index contributed by atoms with van der Waals surface area (Å²) < 4.78 is 11.4. The van der Waals surface area contributed by atoms with Crippen molar-refractivity contribution in [2.75, 3.05) is 13.2 Å². The maximum Gasteiger partial charge on any atom is 0.220 e. The average molecular weight is 281 g/mol. The van der Waals surface area contributed by atoms with Gasteiger partial charge in [0.2, 0.25) is 5.91 Å². The van der Waals surface area contributed by atoms with E-state index in [1.165, 1.54) is 19.3 Å². The second kappa shape index (κ2) is 6.02. The summed E-state index contributed by atoms with van der Waals surface area (Å²) in [5.41, 5.74) is 0.273. The first-order chi connectivity index (χ1) is 9.74. The van der Waals surface area contributed by atoms with Gasteiger partial charge in [-0.3, -0.25) is 4.79 Å². The van der Waals surface area contributed by atoms with E-state index in [1.54, 1.807) is 0 Å². The Hall–Kier alpha value is -0.610. The molecule has 1 heterocycles. The lowest BCUT2D eigenvalue weighted by molar-refractivity contribution is -0.175. The maximum absolute atomic E-state index is 12.1. The standard InChI is InChI=1S/C16H27NO3/c1-2-19-14-11-13(16(14)8-4-9-16)17-15(18)7-6-12-5-3-10-20-12/h12-14H,2-11H2,1H3,(H,17,18)/t12-,13-,14-/m1/s1. The van der Waals surface area contributed by atoms with Gasteiger partial charge in [0.05, 0.1) is 12.2 Å². The van der Waals surface area contributed by atoms with E-state index < -0.39 is 0 Å². The molecule has 2 aliphatic carbocycles. The van der Waals surface area contributed by atoms with Crippen LogP contribution in [0.3, 0.4) is 0 Å². The van der Waals surface area contributed by atoms with Crippen molar-refractivity contribution in [3.8, 4) is 0 Å². The highest BCUT2D eigenvalue weighted by Crippen LogP contribution is 2.57. The van der Waals surface area contributed by atoms with Crippen LogP contribution in [0.25, 0.3) is 0 Å². The first-order valence-corrected chi connectivity index (χ1v) is 8.27. The Labute approximate surface area is 121 Å². The molecule has 3 fully saturated rings. The van der Waals surface area contributed by atoms with E-state index >= 15 is 0 Å². The molecule has 3 aliphatic rings. The van der Waals surface area contributed by atoms with E-state index in [9.17, 15) is 4.79 Å². The normalized spacial score (nSPS) is 34.5. The van der Waals surface area contributed by atoms with Gasteiger partial charge in [0, 0.05) is 31.1 Å². The van der Waals surface area contributed by atoms with Crippen LogP contribution in [0, 0.1) is 5.41 Å². The number of nitrogens with one attached hydrogen (secondary N) is 1. The van der Waals surface area contributed by atoms with Crippen molar-refractivity contribution in [2.24, 2.45) is 5.41 Å². The van der Waals surface area contributed by atoms with Crippen LogP contribution in [0.4, 0.5) is 0 Å². The predicted molar refractivity (Wildman–Crippen MR) is 76.5 cm³/mol. The second-order valence-electron chi connectivity index (χ2n) is 6.56. The molecule has 4 heteroatoms. The molecule has 1 amide bonds. The van der Waals surface area contributed by atoms with Crippen molar-refractivity contribution in [1.82, 2.24) is 5.32 Å². The molecule has 20 heavy (non-hydrogen) atoms. The number of rotatable bonds is 6. The molecule has 114 valence electrons. The monoisotopic (exact) mass is 281 g/mol. The largest absolute Gasteiger partial charge is 0.378 e. The van der Waals surface area contributed by atoms with E-state index in [4.69, 9.17) is 9.47 Å². The van der Waals surface area contributed by atoms with Gasteiger partial charge in [0.15, 0.2) is 0 Å². The molecule has 2 saturated carbocycles. The number of hydrogen-bond donors (Lipinski definition) is 1. The Kier molecular flexibility index (Phi) is 4.32. The van der Waals surface area contributed by atoms with E-state index in [0.717, 1.165) is 38.9 Å². The topological polar surface area (TPSA) is 47.6 Å². The molecule has 1 aliphatic heterocycles. The summed E-state index contributed by atoms with van der Waals surface area (Å²) in [7, 11) is 0. The molecule has 1 spiro atoms. The Bertz CT molecular complexity index is 348. The summed E-state index contributed by atoms with van der Waals surface area (Å²) >= 11 is 0. The van der Waals surface area contributed by atoms with E-state index in [0.29, 0.717) is 24.7 Å². The van der Waals surface area contributed by atoms with Crippen molar-refractivity contribution in [3.63, 3.8) is 0 Å². The third-order valence-electron chi connectivity index (χ3n) is 5.49. The van der Waals surface area contributed by atoms with E-state index in [-0.39, 0.29) is 11.3 Å². The zero-order valence-electron chi connectivity index (χ0n) is 12.5. The van der Waals surface area contributed by atoms with Crippen LogP contribution in [-0.2, 0) is 14.3 Å². The van der Waals surface area contributed by atoms with Gasteiger partial charge in [-0.05, 0) is 45.4 Å². The molecule has 0 unspecified atom stereocenters. The van der Waals surface area contributed by atoms with E-state index in [1.807, 2.05) is 0 Å². The third kappa shape index (κ3) is 2.60. The summed E-state index contributed by atoms with van der Waals surface area (Å²) in [6.45, 7) is 3.71. The minimum atomic E-state index is 0.201. The van der Waals surface area contributed by atoms with Crippen LogP contribution in [0.15, 0.2) is 0 Å². The predicted octanol–water partition coefficient (Wildman–Crippen LogP) is 2.41. The SMILES string of the molecule is CCO[C@@H]1C[C@@H](NC(=O)CC[C@H]2CCCO2)C12CCC2. The van der Waals surface area contributed by atoms with Gasteiger partial charge in [-0.15, -0.1) is 0 Å². The Morgan fingerprint density at radius 3 is 2.85 bits per heavy atom. The molecule has 1 saturated heterocycles.